The molecule has 4 heteroatoms. The highest BCUT2D eigenvalue weighted by atomic mass is 16.5. The molecule has 4 nitrogen and oxygen atoms in total. The average molecular weight is 262 g/mol. The van der Waals surface area contributed by atoms with Gasteiger partial charge in [-0.25, -0.2) is 0 Å². The first kappa shape index (κ1) is 14.0. The Kier molecular flexibility index (Phi) is 5.36. The minimum atomic E-state index is -0.109. The van der Waals surface area contributed by atoms with Gasteiger partial charge in [-0.05, 0) is 30.0 Å². The minimum absolute atomic E-state index is 0.109. The van der Waals surface area contributed by atoms with Crippen molar-refractivity contribution in [1.29, 1.82) is 0 Å². The van der Waals surface area contributed by atoms with Crippen molar-refractivity contribution in [1.82, 2.24) is 0 Å². The summed E-state index contributed by atoms with van der Waals surface area (Å²) in [6.45, 7) is 1.28. The summed E-state index contributed by atoms with van der Waals surface area (Å²) in [4.78, 5) is 11.7. The van der Waals surface area contributed by atoms with Crippen LogP contribution in [-0.4, -0.2) is 19.1 Å². The molecule has 0 saturated heterocycles. The second kappa shape index (κ2) is 7.26. The zero-order valence-corrected chi connectivity index (χ0v) is 11.2. The summed E-state index contributed by atoms with van der Waals surface area (Å²) in [6.07, 6.45) is 5.07. The summed E-state index contributed by atoms with van der Waals surface area (Å²) in [6, 6.07) is 7.55. The summed E-state index contributed by atoms with van der Waals surface area (Å²) >= 11 is 0. The van der Waals surface area contributed by atoms with Crippen LogP contribution in [0.5, 0.6) is 0 Å². The normalized spacial score (nSPS) is 15.0. The Balaban J connectivity index is 1.65. The van der Waals surface area contributed by atoms with Gasteiger partial charge in [-0.3, -0.25) is 4.79 Å². The number of anilines is 1. The first-order valence-electron chi connectivity index (χ1n) is 6.94. The predicted octanol–water partition coefficient (Wildman–Crippen LogP) is 2.29. The number of amides is 1. The summed E-state index contributed by atoms with van der Waals surface area (Å²) in [5.41, 5.74) is 7.33. The second-order valence-corrected chi connectivity index (χ2v) is 5.09. The van der Waals surface area contributed by atoms with Crippen LogP contribution in [0.3, 0.4) is 0 Å². The highest BCUT2D eigenvalue weighted by Crippen LogP contribution is 2.29. The molecule has 1 aromatic carbocycles. The van der Waals surface area contributed by atoms with E-state index in [1.165, 1.54) is 19.3 Å². The molecule has 0 unspecified atom stereocenters. The molecule has 104 valence electrons. The molecule has 0 radical (unpaired) electrons. The molecule has 0 atom stereocenters. The Labute approximate surface area is 114 Å². The number of benzene rings is 1. The average Bonchev–Trinajstić information content (AvgIpc) is 2.36. The van der Waals surface area contributed by atoms with Crippen molar-refractivity contribution in [3.05, 3.63) is 29.8 Å². The van der Waals surface area contributed by atoms with Gasteiger partial charge in [-0.1, -0.05) is 31.4 Å². The number of nitrogens with two attached hydrogens (primary N) is 1. The smallest absolute Gasteiger partial charge is 0.250 e. The van der Waals surface area contributed by atoms with Crippen LogP contribution in [0.2, 0.25) is 0 Å². The maximum atomic E-state index is 11.7. The van der Waals surface area contributed by atoms with Gasteiger partial charge in [0.2, 0.25) is 5.91 Å². The Morgan fingerprint density at radius 2 is 2.26 bits per heavy atom. The number of rotatable bonds is 7. The van der Waals surface area contributed by atoms with Gasteiger partial charge in [0.1, 0.15) is 6.61 Å². The van der Waals surface area contributed by atoms with Gasteiger partial charge in [0.25, 0.3) is 0 Å². The van der Waals surface area contributed by atoms with Gasteiger partial charge in [0.15, 0.2) is 0 Å². The fourth-order valence-electron chi connectivity index (χ4n) is 2.17. The predicted molar refractivity (Wildman–Crippen MR) is 75.7 cm³/mol. The van der Waals surface area contributed by atoms with Crippen molar-refractivity contribution < 1.29 is 9.53 Å². The van der Waals surface area contributed by atoms with Crippen LogP contribution in [0.15, 0.2) is 24.3 Å². The van der Waals surface area contributed by atoms with Crippen LogP contribution in [0, 0.1) is 5.92 Å². The van der Waals surface area contributed by atoms with Gasteiger partial charge in [-0.2, -0.15) is 0 Å². The SMILES string of the molecule is NCc1cccc(NC(=O)COCCC2CCC2)c1. The number of carbonyl (C=O) groups excluding carboxylic acids is 1. The van der Waals surface area contributed by atoms with Crippen LogP contribution in [0.1, 0.15) is 31.2 Å². The maximum absolute atomic E-state index is 11.7. The third-order valence-corrected chi connectivity index (χ3v) is 3.57. The summed E-state index contributed by atoms with van der Waals surface area (Å²) in [5.74, 6) is 0.715. The molecule has 2 rings (SSSR count). The molecule has 1 amide bonds. The van der Waals surface area contributed by atoms with E-state index in [-0.39, 0.29) is 12.5 Å². The van der Waals surface area contributed by atoms with Crippen LogP contribution in [-0.2, 0) is 16.1 Å². The topological polar surface area (TPSA) is 64.3 Å². The lowest BCUT2D eigenvalue weighted by atomic mass is 9.83. The molecule has 1 aliphatic rings. The zero-order chi connectivity index (χ0) is 13.5. The van der Waals surface area contributed by atoms with E-state index >= 15 is 0 Å². The van der Waals surface area contributed by atoms with Gasteiger partial charge < -0.3 is 15.8 Å². The Hall–Kier alpha value is -1.39. The van der Waals surface area contributed by atoms with Crippen LogP contribution < -0.4 is 11.1 Å². The summed E-state index contributed by atoms with van der Waals surface area (Å²) < 4.78 is 5.39. The van der Waals surface area contributed by atoms with E-state index < -0.39 is 0 Å². The second-order valence-electron chi connectivity index (χ2n) is 5.09. The van der Waals surface area contributed by atoms with Crippen molar-refractivity contribution in [3.63, 3.8) is 0 Å². The van der Waals surface area contributed by atoms with Crippen molar-refractivity contribution in [3.8, 4) is 0 Å². The van der Waals surface area contributed by atoms with E-state index in [0.717, 1.165) is 23.6 Å². The molecule has 1 aliphatic carbocycles. The van der Waals surface area contributed by atoms with Gasteiger partial charge in [0.05, 0.1) is 0 Å². The van der Waals surface area contributed by atoms with Gasteiger partial charge in [-0.15, -0.1) is 0 Å². The minimum Gasteiger partial charge on any atom is -0.372 e. The lowest BCUT2D eigenvalue weighted by Gasteiger charge is -2.24. The number of hydrogen-bond acceptors (Lipinski definition) is 3. The van der Waals surface area contributed by atoms with Gasteiger partial charge in [0, 0.05) is 18.8 Å². The molecular weight excluding hydrogens is 240 g/mol. The molecule has 0 aliphatic heterocycles. The standard InChI is InChI=1S/C15H22N2O2/c16-10-13-5-2-6-14(9-13)17-15(18)11-19-8-7-12-3-1-4-12/h2,5-6,9,12H,1,3-4,7-8,10-11,16H2,(H,17,18). The monoisotopic (exact) mass is 262 g/mol. The lowest BCUT2D eigenvalue weighted by molar-refractivity contribution is -0.120. The van der Waals surface area contributed by atoms with E-state index in [9.17, 15) is 4.79 Å². The first-order valence-corrected chi connectivity index (χ1v) is 6.94. The summed E-state index contributed by atoms with van der Waals surface area (Å²) in [7, 11) is 0. The molecule has 1 fully saturated rings. The summed E-state index contributed by atoms with van der Waals surface area (Å²) in [5, 5.41) is 2.81. The van der Waals surface area contributed by atoms with Crippen molar-refractivity contribution in [2.75, 3.05) is 18.5 Å². The number of ether oxygens (including phenoxy) is 1. The highest BCUT2D eigenvalue weighted by Gasteiger charge is 2.16. The molecular formula is C15H22N2O2. The Morgan fingerprint density at radius 3 is 2.95 bits per heavy atom. The fourth-order valence-corrected chi connectivity index (χ4v) is 2.17. The molecule has 1 aromatic rings. The molecule has 19 heavy (non-hydrogen) atoms. The van der Waals surface area contributed by atoms with E-state index in [1.54, 1.807) is 0 Å². The molecule has 0 heterocycles. The fraction of sp³-hybridized carbons (Fsp3) is 0.533. The molecule has 0 bridgehead atoms. The zero-order valence-electron chi connectivity index (χ0n) is 11.2. The molecule has 3 N–H and O–H groups in total. The number of nitrogens with one attached hydrogen (secondary N) is 1. The Bertz CT molecular complexity index is 416. The third-order valence-electron chi connectivity index (χ3n) is 3.57. The molecule has 0 spiro atoms. The van der Waals surface area contributed by atoms with E-state index in [2.05, 4.69) is 5.32 Å². The number of carbonyl (C=O) groups is 1. The van der Waals surface area contributed by atoms with Crippen molar-refractivity contribution >= 4 is 11.6 Å². The van der Waals surface area contributed by atoms with Crippen molar-refractivity contribution in [2.24, 2.45) is 11.7 Å². The number of hydrogen-bond donors (Lipinski definition) is 2. The van der Waals surface area contributed by atoms with Crippen LogP contribution in [0.4, 0.5) is 5.69 Å². The van der Waals surface area contributed by atoms with E-state index in [1.807, 2.05) is 24.3 Å². The van der Waals surface area contributed by atoms with Crippen LogP contribution >= 0.6 is 0 Å². The first-order chi connectivity index (χ1) is 9.28. The molecule has 0 aromatic heterocycles. The largest absolute Gasteiger partial charge is 0.372 e. The Morgan fingerprint density at radius 1 is 1.42 bits per heavy atom. The quantitative estimate of drug-likeness (QED) is 0.741. The van der Waals surface area contributed by atoms with Crippen molar-refractivity contribution in [2.45, 2.75) is 32.2 Å². The van der Waals surface area contributed by atoms with E-state index in [4.69, 9.17) is 10.5 Å². The maximum Gasteiger partial charge on any atom is 0.250 e. The van der Waals surface area contributed by atoms with E-state index in [0.29, 0.717) is 13.2 Å². The third kappa shape index (κ3) is 4.65. The van der Waals surface area contributed by atoms with Gasteiger partial charge >= 0.3 is 0 Å². The lowest BCUT2D eigenvalue weighted by Crippen LogP contribution is -2.20. The molecule has 1 saturated carbocycles. The van der Waals surface area contributed by atoms with Crippen LogP contribution in [0.25, 0.3) is 0 Å². The highest BCUT2D eigenvalue weighted by molar-refractivity contribution is 5.91.